The molecule has 2 aromatic rings. The average molecular weight is 287 g/mol. The Morgan fingerprint density at radius 1 is 1.38 bits per heavy atom. The van der Waals surface area contributed by atoms with Crippen LogP contribution in [0.3, 0.4) is 0 Å². The van der Waals surface area contributed by atoms with Crippen molar-refractivity contribution < 1.29 is 4.39 Å². The van der Waals surface area contributed by atoms with Crippen LogP contribution in [-0.2, 0) is 6.54 Å². The highest BCUT2D eigenvalue weighted by Gasteiger charge is 2.41. The van der Waals surface area contributed by atoms with E-state index in [-0.39, 0.29) is 5.82 Å². The number of aryl methyl sites for hydroxylation is 1. The Morgan fingerprint density at radius 2 is 2.29 bits per heavy atom. The van der Waals surface area contributed by atoms with E-state index in [2.05, 4.69) is 16.8 Å². The first-order valence-electron chi connectivity index (χ1n) is 8.17. The number of benzene rings is 1. The molecule has 1 aliphatic carbocycles. The Bertz CT molecular complexity index is 663. The van der Waals surface area contributed by atoms with Crippen molar-refractivity contribution in [2.45, 2.75) is 45.2 Å². The summed E-state index contributed by atoms with van der Waals surface area (Å²) < 4.78 is 16.3. The minimum atomic E-state index is -0.204. The van der Waals surface area contributed by atoms with Crippen LogP contribution in [0.25, 0.3) is 11.0 Å². The van der Waals surface area contributed by atoms with E-state index in [1.54, 1.807) is 6.07 Å². The molecule has 3 atom stereocenters. The SMILES string of the molecule is CCCn1c(C2NCC3CCCC32)nc2c(F)cccc21. The zero-order valence-corrected chi connectivity index (χ0v) is 12.5. The van der Waals surface area contributed by atoms with Crippen LogP contribution >= 0.6 is 0 Å². The minimum absolute atomic E-state index is 0.204. The zero-order valence-electron chi connectivity index (χ0n) is 12.5. The Hall–Kier alpha value is -1.42. The van der Waals surface area contributed by atoms with Gasteiger partial charge in [0.25, 0.3) is 0 Å². The number of hydrogen-bond donors (Lipinski definition) is 1. The molecule has 1 N–H and O–H groups in total. The van der Waals surface area contributed by atoms with Gasteiger partial charge in [0.05, 0.1) is 11.6 Å². The quantitative estimate of drug-likeness (QED) is 0.934. The number of fused-ring (bicyclic) bond motifs is 2. The number of rotatable bonds is 3. The van der Waals surface area contributed by atoms with Gasteiger partial charge in [-0.1, -0.05) is 19.4 Å². The van der Waals surface area contributed by atoms with Crippen LogP contribution in [0.4, 0.5) is 4.39 Å². The van der Waals surface area contributed by atoms with Gasteiger partial charge in [-0.2, -0.15) is 0 Å². The van der Waals surface area contributed by atoms with Crippen molar-refractivity contribution in [3.05, 3.63) is 29.8 Å². The van der Waals surface area contributed by atoms with Crippen molar-refractivity contribution in [3.8, 4) is 0 Å². The lowest BCUT2D eigenvalue weighted by atomic mass is 9.93. The fourth-order valence-corrected chi connectivity index (χ4v) is 4.30. The van der Waals surface area contributed by atoms with Gasteiger partial charge in [0.1, 0.15) is 11.3 Å². The molecule has 3 nitrogen and oxygen atoms in total. The van der Waals surface area contributed by atoms with Crippen molar-refractivity contribution in [2.75, 3.05) is 6.54 Å². The summed E-state index contributed by atoms with van der Waals surface area (Å²) in [4.78, 5) is 4.70. The van der Waals surface area contributed by atoms with Crippen LogP contribution in [0.5, 0.6) is 0 Å². The molecule has 4 rings (SSSR count). The second-order valence-corrected chi connectivity index (χ2v) is 6.47. The van der Waals surface area contributed by atoms with Crippen LogP contribution in [0.15, 0.2) is 18.2 Å². The highest BCUT2D eigenvalue weighted by molar-refractivity contribution is 5.76. The summed E-state index contributed by atoms with van der Waals surface area (Å²) in [6.45, 7) is 4.16. The van der Waals surface area contributed by atoms with E-state index >= 15 is 0 Å². The molecule has 0 radical (unpaired) electrons. The number of imidazole rings is 1. The molecule has 1 aliphatic heterocycles. The Kier molecular flexibility index (Phi) is 3.21. The van der Waals surface area contributed by atoms with Gasteiger partial charge in [0.15, 0.2) is 5.82 Å². The monoisotopic (exact) mass is 287 g/mol. The predicted octanol–water partition coefficient (Wildman–Crippen LogP) is 3.65. The fraction of sp³-hybridized carbons (Fsp3) is 0.588. The standard InChI is InChI=1S/C17H22FN3/c1-2-9-21-14-8-4-7-13(18)16(14)20-17(21)15-12-6-3-5-11(12)10-19-15/h4,7-8,11-12,15,19H,2-3,5-6,9-10H2,1H3. The van der Waals surface area contributed by atoms with Gasteiger partial charge in [-0.25, -0.2) is 9.37 Å². The molecule has 1 aromatic heterocycles. The molecule has 1 saturated heterocycles. The molecule has 2 heterocycles. The lowest BCUT2D eigenvalue weighted by Crippen LogP contribution is -2.22. The van der Waals surface area contributed by atoms with Crippen molar-refractivity contribution in [1.82, 2.24) is 14.9 Å². The first-order valence-corrected chi connectivity index (χ1v) is 8.17. The molecule has 21 heavy (non-hydrogen) atoms. The summed E-state index contributed by atoms with van der Waals surface area (Å²) in [5.41, 5.74) is 1.47. The lowest BCUT2D eigenvalue weighted by Gasteiger charge is -2.19. The summed E-state index contributed by atoms with van der Waals surface area (Å²) in [7, 11) is 0. The zero-order chi connectivity index (χ0) is 14.4. The first kappa shape index (κ1) is 13.3. The third-order valence-electron chi connectivity index (χ3n) is 5.23. The highest BCUT2D eigenvalue weighted by Crippen LogP contribution is 2.44. The van der Waals surface area contributed by atoms with Crippen LogP contribution < -0.4 is 5.32 Å². The molecule has 4 heteroatoms. The molecule has 2 fully saturated rings. The van der Waals surface area contributed by atoms with Crippen molar-refractivity contribution in [1.29, 1.82) is 0 Å². The number of halogens is 1. The minimum Gasteiger partial charge on any atom is -0.327 e. The summed E-state index contributed by atoms with van der Waals surface area (Å²) in [6.07, 6.45) is 4.97. The number of aromatic nitrogens is 2. The van der Waals surface area contributed by atoms with Gasteiger partial charge in [0.2, 0.25) is 0 Å². The molecule has 0 spiro atoms. The molecule has 0 amide bonds. The van der Waals surface area contributed by atoms with E-state index < -0.39 is 0 Å². The van der Waals surface area contributed by atoms with E-state index in [9.17, 15) is 4.39 Å². The summed E-state index contributed by atoms with van der Waals surface area (Å²) in [5, 5.41) is 3.65. The van der Waals surface area contributed by atoms with Crippen LogP contribution in [0.1, 0.15) is 44.5 Å². The van der Waals surface area contributed by atoms with E-state index in [1.165, 1.54) is 25.3 Å². The van der Waals surface area contributed by atoms with Gasteiger partial charge < -0.3 is 9.88 Å². The van der Waals surface area contributed by atoms with Gasteiger partial charge >= 0.3 is 0 Å². The summed E-state index contributed by atoms with van der Waals surface area (Å²) in [5.74, 6) is 2.31. The molecule has 2 aliphatic rings. The van der Waals surface area contributed by atoms with E-state index in [0.29, 0.717) is 17.5 Å². The molecular formula is C17H22FN3. The van der Waals surface area contributed by atoms with E-state index in [4.69, 9.17) is 4.98 Å². The van der Waals surface area contributed by atoms with Crippen LogP contribution in [0, 0.1) is 17.7 Å². The second kappa shape index (κ2) is 5.09. The molecule has 3 unspecified atom stereocenters. The maximum atomic E-state index is 14.1. The highest BCUT2D eigenvalue weighted by atomic mass is 19.1. The van der Waals surface area contributed by atoms with E-state index in [0.717, 1.165) is 36.8 Å². The Morgan fingerprint density at radius 3 is 3.14 bits per heavy atom. The predicted molar refractivity (Wildman–Crippen MR) is 81.6 cm³/mol. The van der Waals surface area contributed by atoms with Crippen molar-refractivity contribution in [2.24, 2.45) is 11.8 Å². The number of para-hydroxylation sites is 1. The molecule has 0 bridgehead atoms. The normalized spacial score (nSPS) is 28.4. The largest absolute Gasteiger partial charge is 0.327 e. The maximum Gasteiger partial charge on any atom is 0.151 e. The third-order valence-corrected chi connectivity index (χ3v) is 5.23. The van der Waals surface area contributed by atoms with Crippen LogP contribution in [-0.4, -0.2) is 16.1 Å². The summed E-state index contributed by atoms with van der Waals surface area (Å²) in [6, 6.07) is 5.59. The van der Waals surface area contributed by atoms with Gasteiger partial charge in [-0.05, 0) is 49.8 Å². The van der Waals surface area contributed by atoms with Crippen LogP contribution in [0.2, 0.25) is 0 Å². The van der Waals surface area contributed by atoms with Crippen molar-refractivity contribution in [3.63, 3.8) is 0 Å². The Balaban J connectivity index is 1.83. The molecular weight excluding hydrogens is 265 g/mol. The second-order valence-electron chi connectivity index (χ2n) is 6.47. The Labute approximate surface area is 124 Å². The number of hydrogen-bond acceptors (Lipinski definition) is 2. The maximum absolute atomic E-state index is 14.1. The fourth-order valence-electron chi connectivity index (χ4n) is 4.30. The van der Waals surface area contributed by atoms with Crippen molar-refractivity contribution >= 4 is 11.0 Å². The molecule has 1 aromatic carbocycles. The number of nitrogens with zero attached hydrogens (tertiary/aromatic N) is 2. The smallest absolute Gasteiger partial charge is 0.151 e. The summed E-state index contributed by atoms with van der Waals surface area (Å²) >= 11 is 0. The van der Waals surface area contributed by atoms with Gasteiger partial charge in [-0.15, -0.1) is 0 Å². The van der Waals surface area contributed by atoms with Gasteiger partial charge in [0, 0.05) is 6.54 Å². The van der Waals surface area contributed by atoms with E-state index in [1.807, 2.05) is 6.07 Å². The lowest BCUT2D eigenvalue weighted by molar-refractivity contribution is 0.396. The number of nitrogens with one attached hydrogen (secondary N) is 1. The topological polar surface area (TPSA) is 29.9 Å². The average Bonchev–Trinajstić information content (AvgIpc) is 3.14. The molecule has 112 valence electrons. The first-order chi connectivity index (χ1) is 10.3. The van der Waals surface area contributed by atoms with Gasteiger partial charge in [-0.3, -0.25) is 0 Å². The third kappa shape index (κ3) is 2.00. The molecule has 1 saturated carbocycles.